The fourth-order valence-corrected chi connectivity index (χ4v) is 7.25. The maximum absolute atomic E-state index is 14.2. The van der Waals surface area contributed by atoms with E-state index >= 15 is 0 Å². The molecule has 1 N–H and O–H groups in total. The number of halogens is 2. The molecule has 0 unspecified atom stereocenters. The summed E-state index contributed by atoms with van der Waals surface area (Å²) < 4.78 is 29.2. The third-order valence-electron chi connectivity index (χ3n) is 7.96. The second-order valence-electron chi connectivity index (χ2n) is 10.8. The van der Waals surface area contributed by atoms with Gasteiger partial charge >= 0.3 is 0 Å². The Morgan fingerprint density at radius 3 is 2.17 bits per heavy atom. The summed E-state index contributed by atoms with van der Waals surface area (Å²) in [4.78, 5) is 29.1. The standard InChI is InChI=1S/C32H37Cl2N3O4S/c1-22-12-10-19-30(23(22)2)37(42(40,41)26-15-8-5-9-16-26)21-31(38)36(20-27-28(33)17-11-18-29(27)34)24(3)32(39)35-25-13-6-4-7-14-25/h5,8-12,15-19,24-25H,4,6-7,13-14,20-21H2,1-3H3,(H,35,39)/t24-/m1/s1. The van der Waals surface area contributed by atoms with E-state index in [1.165, 1.54) is 17.0 Å². The summed E-state index contributed by atoms with van der Waals surface area (Å²) in [5.41, 5.74) is 2.49. The van der Waals surface area contributed by atoms with E-state index in [0.29, 0.717) is 21.3 Å². The quantitative estimate of drug-likeness (QED) is 0.271. The van der Waals surface area contributed by atoms with Crippen LogP contribution in [0.3, 0.4) is 0 Å². The van der Waals surface area contributed by atoms with Gasteiger partial charge in [0, 0.05) is 28.2 Å². The lowest BCUT2D eigenvalue weighted by Gasteiger charge is -2.34. The molecule has 0 aliphatic heterocycles. The summed E-state index contributed by atoms with van der Waals surface area (Å²) in [5, 5.41) is 3.80. The molecule has 4 rings (SSSR count). The van der Waals surface area contributed by atoms with Gasteiger partial charge in [-0.25, -0.2) is 8.42 Å². The van der Waals surface area contributed by atoms with E-state index < -0.39 is 28.5 Å². The maximum Gasteiger partial charge on any atom is 0.264 e. The number of carbonyl (C=O) groups excluding carboxylic acids is 2. The summed E-state index contributed by atoms with van der Waals surface area (Å²) in [6.45, 7) is 4.77. The van der Waals surface area contributed by atoms with E-state index in [1.54, 1.807) is 55.5 Å². The molecule has 2 amide bonds. The summed E-state index contributed by atoms with van der Waals surface area (Å²) >= 11 is 13.0. The number of benzene rings is 3. The lowest BCUT2D eigenvalue weighted by molar-refractivity contribution is -0.139. The Hall–Kier alpha value is -3.07. The normalized spacial score (nSPS) is 14.7. The van der Waals surface area contributed by atoms with Gasteiger partial charge in [-0.3, -0.25) is 13.9 Å². The minimum atomic E-state index is -4.15. The molecule has 1 atom stereocenters. The van der Waals surface area contributed by atoms with Crippen molar-refractivity contribution in [1.29, 1.82) is 0 Å². The molecule has 1 fully saturated rings. The van der Waals surface area contributed by atoms with E-state index in [4.69, 9.17) is 23.2 Å². The second-order valence-corrected chi connectivity index (χ2v) is 13.5. The van der Waals surface area contributed by atoms with Crippen molar-refractivity contribution in [2.45, 2.75) is 76.4 Å². The van der Waals surface area contributed by atoms with Crippen LogP contribution >= 0.6 is 23.2 Å². The van der Waals surface area contributed by atoms with E-state index in [1.807, 2.05) is 19.9 Å². The van der Waals surface area contributed by atoms with Crippen LogP contribution in [0.15, 0.2) is 71.6 Å². The lowest BCUT2D eigenvalue weighted by Crippen LogP contribution is -2.53. The zero-order chi connectivity index (χ0) is 30.4. The van der Waals surface area contributed by atoms with Gasteiger partial charge in [0.2, 0.25) is 11.8 Å². The highest BCUT2D eigenvalue weighted by molar-refractivity contribution is 7.92. The summed E-state index contributed by atoms with van der Waals surface area (Å²) in [6.07, 6.45) is 5.00. The fraction of sp³-hybridized carbons (Fsp3) is 0.375. The van der Waals surface area contributed by atoms with Gasteiger partial charge < -0.3 is 10.2 Å². The number of sulfonamides is 1. The number of carbonyl (C=O) groups is 2. The Balaban J connectivity index is 1.73. The molecule has 1 aliphatic carbocycles. The van der Waals surface area contributed by atoms with Crippen molar-refractivity contribution in [3.05, 3.63) is 93.5 Å². The zero-order valence-electron chi connectivity index (χ0n) is 24.1. The van der Waals surface area contributed by atoms with Crippen LogP contribution in [0.1, 0.15) is 55.7 Å². The average Bonchev–Trinajstić information content (AvgIpc) is 2.98. The number of nitrogens with one attached hydrogen (secondary N) is 1. The first-order valence-corrected chi connectivity index (χ1v) is 16.4. The highest BCUT2D eigenvalue weighted by Crippen LogP contribution is 2.30. The minimum Gasteiger partial charge on any atom is -0.352 e. The van der Waals surface area contributed by atoms with E-state index in [9.17, 15) is 18.0 Å². The Kier molecular flexibility index (Phi) is 10.6. The van der Waals surface area contributed by atoms with E-state index in [-0.39, 0.29) is 23.4 Å². The minimum absolute atomic E-state index is 0.0412. The van der Waals surface area contributed by atoms with E-state index in [0.717, 1.165) is 47.5 Å². The second kappa shape index (κ2) is 13.9. The molecule has 0 spiro atoms. The molecule has 3 aromatic carbocycles. The molecule has 7 nitrogen and oxygen atoms in total. The van der Waals surface area contributed by atoms with Crippen LogP contribution < -0.4 is 9.62 Å². The average molecular weight is 631 g/mol. The van der Waals surface area contributed by atoms with E-state index in [2.05, 4.69) is 5.32 Å². The van der Waals surface area contributed by atoms with Crippen molar-refractivity contribution in [3.63, 3.8) is 0 Å². The maximum atomic E-state index is 14.2. The third-order valence-corrected chi connectivity index (χ3v) is 10.4. The molecule has 0 saturated heterocycles. The Morgan fingerprint density at radius 2 is 1.52 bits per heavy atom. The number of rotatable bonds is 10. The first kappa shape index (κ1) is 31.9. The van der Waals surface area contributed by atoms with Gasteiger partial charge in [-0.05, 0) is 75.1 Å². The fourth-order valence-electron chi connectivity index (χ4n) is 5.24. The van der Waals surface area contributed by atoms with Crippen LogP contribution in [-0.4, -0.2) is 43.8 Å². The van der Waals surface area contributed by atoms with Crippen LogP contribution in [0.4, 0.5) is 5.69 Å². The number of nitrogens with zero attached hydrogens (tertiary/aromatic N) is 2. The zero-order valence-corrected chi connectivity index (χ0v) is 26.5. The number of amides is 2. The van der Waals surface area contributed by atoms with Crippen LogP contribution in [-0.2, 0) is 26.2 Å². The smallest absolute Gasteiger partial charge is 0.264 e. The molecular weight excluding hydrogens is 593 g/mol. The van der Waals surface area contributed by atoms with Gasteiger partial charge in [-0.15, -0.1) is 0 Å². The Labute approximate surface area is 258 Å². The summed E-state index contributed by atoms with van der Waals surface area (Å²) in [7, 11) is -4.15. The van der Waals surface area contributed by atoms with Crippen molar-refractivity contribution in [2.75, 3.05) is 10.8 Å². The van der Waals surface area contributed by atoms with Gasteiger partial charge in [-0.1, -0.05) is 78.9 Å². The van der Waals surface area contributed by atoms with Crippen molar-refractivity contribution in [2.24, 2.45) is 0 Å². The molecule has 0 heterocycles. The van der Waals surface area contributed by atoms with Crippen molar-refractivity contribution < 1.29 is 18.0 Å². The topological polar surface area (TPSA) is 86.8 Å². The van der Waals surface area contributed by atoms with Gasteiger partial charge in [0.1, 0.15) is 12.6 Å². The molecule has 42 heavy (non-hydrogen) atoms. The molecule has 0 radical (unpaired) electrons. The van der Waals surface area contributed by atoms with Gasteiger partial charge in [0.05, 0.1) is 10.6 Å². The van der Waals surface area contributed by atoms with Crippen molar-refractivity contribution in [3.8, 4) is 0 Å². The molecule has 0 bridgehead atoms. The summed E-state index contributed by atoms with van der Waals surface area (Å²) in [6, 6.07) is 17.5. The summed E-state index contributed by atoms with van der Waals surface area (Å²) in [5.74, 6) is -0.861. The molecule has 224 valence electrons. The molecule has 1 saturated carbocycles. The first-order valence-electron chi connectivity index (χ1n) is 14.2. The first-order chi connectivity index (χ1) is 20.0. The van der Waals surface area contributed by atoms with Crippen LogP contribution in [0.5, 0.6) is 0 Å². The number of hydrogen-bond donors (Lipinski definition) is 1. The number of hydrogen-bond acceptors (Lipinski definition) is 4. The SMILES string of the molecule is Cc1cccc(N(CC(=O)N(Cc2c(Cl)cccc2Cl)[C@H](C)C(=O)NC2CCCCC2)S(=O)(=O)c2ccccc2)c1C. The third kappa shape index (κ3) is 7.28. The predicted molar refractivity (Wildman–Crippen MR) is 168 cm³/mol. The molecular formula is C32H37Cl2N3O4S. The van der Waals surface area contributed by atoms with Crippen LogP contribution in [0, 0.1) is 13.8 Å². The molecule has 3 aromatic rings. The van der Waals surface area contributed by atoms with Crippen molar-refractivity contribution in [1.82, 2.24) is 10.2 Å². The monoisotopic (exact) mass is 629 g/mol. The largest absolute Gasteiger partial charge is 0.352 e. The number of aryl methyl sites for hydroxylation is 1. The molecule has 0 aromatic heterocycles. The van der Waals surface area contributed by atoms with Crippen molar-refractivity contribution >= 4 is 50.7 Å². The number of anilines is 1. The van der Waals surface area contributed by atoms with Gasteiger partial charge in [0.15, 0.2) is 0 Å². The lowest BCUT2D eigenvalue weighted by atomic mass is 9.95. The van der Waals surface area contributed by atoms with Gasteiger partial charge in [0.25, 0.3) is 10.0 Å². The van der Waals surface area contributed by atoms with Gasteiger partial charge in [-0.2, -0.15) is 0 Å². The highest BCUT2D eigenvalue weighted by Gasteiger charge is 2.34. The van der Waals surface area contributed by atoms with Crippen LogP contribution in [0.25, 0.3) is 0 Å². The Morgan fingerprint density at radius 1 is 0.905 bits per heavy atom. The molecule has 10 heteroatoms. The van der Waals surface area contributed by atoms with Crippen LogP contribution in [0.2, 0.25) is 10.0 Å². The Bertz CT molecular complexity index is 1510. The molecule has 1 aliphatic rings. The predicted octanol–water partition coefficient (Wildman–Crippen LogP) is 6.67. The highest BCUT2D eigenvalue weighted by atomic mass is 35.5.